The maximum Gasteiger partial charge on any atom is 0.346 e. The first kappa shape index (κ1) is 16.7. The Morgan fingerprint density at radius 2 is 1.96 bits per heavy atom. The van der Waals surface area contributed by atoms with E-state index in [1.165, 1.54) is 16.8 Å². The molecule has 3 heterocycles. The molecule has 2 aliphatic heterocycles. The highest BCUT2D eigenvalue weighted by atomic mass is 19.1. The number of halogens is 1. The van der Waals surface area contributed by atoms with Crippen LogP contribution in [0.15, 0.2) is 30.0 Å². The van der Waals surface area contributed by atoms with Crippen molar-refractivity contribution in [2.45, 2.75) is 31.9 Å². The van der Waals surface area contributed by atoms with Gasteiger partial charge in [0.05, 0.1) is 13.2 Å². The highest BCUT2D eigenvalue weighted by molar-refractivity contribution is 6.18. The van der Waals surface area contributed by atoms with Gasteiger partial charge in [0.2, 0.25) is 0 Å². The third kappa shape index (κ3) is 2.57. The molecule has 0 amide bonds. The lowest BCUT2D eigenvalue weighted by atomic mass is 9.91. The van der Waals surface area contributed by atoms with E-state index in [0.29, 0.717) is 44.0 Å². The Labute approximate surface area is 149 Å². The summed E-state index contributed by atoms with van der Waals surface area (Å²) in [6, 6.07) is 5.77. The zero-order valence-electron chi connectivity index (χ0n) is 14.2. The molecule has 26 heavy (non-hydrogen) atoms. The minimum absolute atomic E-state index is 0.0367. The molecule has 4 rings (SSSR count). The number of carbonyl (C=O) groups is 1. The number of carbonyl (C=O) groups excluding carboxylic acids is 1. The van der Waals surface area contributed by atoms with Gasteiger partial charge in [0.25, 0.3) is 0 Å². The third-order valence-corrected chi connectivity index (χ3v) is 4.76. The van der Waals surface area contributed by atoms with E-state index in [0.717, 1.165) is 0 Å². The SMILES string of the molecule is CCn1nc(-c2ccc(F)cc2)nc1C1=C(O)C2(CCOCC2)OC1=O. The summed E-state index contributed by atoms with van der Waals surface area (Å²) in [7, 11) is 0. The van der Waals surface area contributed by atoms with Crippen LogP contribution in [0.4, 0.5) is 4.39 Å². The Morgan fingerprint density at radius 1 is 1.27 bits per heavy atom. The van der Waals surface area contributed by atoms with Crippen LogP contribution in [-0.2, 0) is 20.8 Å². The van der Waals surface area contributed by atoms with Gasteiger partial charge in [-0.15, -0.1) is 0 Å². The van der Waals surface area contributed by atoms with Crippen LogP contribution in [0.5, 0.6) is 0 Å². The number of aliphatic hydroxyl groups is 1. The van der Waals surface area contributed by atoms with Crippen molar-refractivity contribution in [2.75, 3.05) is 13.2 Å². The van der Waals surface area contributed by atoms with E-state index in [1.807, 2.05) is 6.92 Å². The molecule has 1 aromatic carbocycles. The predicted molar refractivity (Wildman–Crippen MR) is 89.5 cm³/mol. The number of nitrogens with zero attached hydrogens (tertiary/aromatic N) is 3. The lowest BCUT2D eigenvalue weighted by Gasteiger charge is -2.31. The number of esters is 1. The van der Waals surface area contributed by atoms with E-state index >= 15 is 0 Å². The topological polar surface area (TPSA) is 86.5 Å². The van der Waals surface area contributed by atoms with Crippen LogP contribution in [0.3, 0.4) is 0 Å². The van der Waals surface area contributed by atoms with Crippen molar-refractivity contribution < 1.29 is 23.8 Å². The van der Waals surface area contributed by atoms with Gasteiger partial charge in [0.15, 0.2) is 23.0 Å². The van der Waals surface area contributed by atoms with Crippen molar-refractivity contribution >= 4 is 11.5 Å². The monoisotopic (exact) mass is 359 g/mol. The molecule has 0 unspecified atom stereocenters. The fraction of sp³-hybridized carbons (Fsp3) is 0.389. The third-order valence-electron chi connectivity index (χ3n) is 4.76. The molecule has 1 spiro atoms. The first-order valence-corrected chi connectivity index (χ1v) is 8.50. The first-order chi connectivity index (χ1) is 12.5. The minimum atomic E-state index is -1.04. The minimum Gasteiger partial charge on any atom is -0.507 e. The largest absolute Gasteiger partial charge is 0.507 e. The molecule has 2 aromatic rings. The summed E-state index contributed by atoms with van der Waals surface area (Å²) >= 11 is 0. The Hall–Kier alpha value is -2.74. The molecule has 1 aromatic heterocycles. The first-order valence-electron chi connectivity index (χ1n) is 8.50. The molecule has 2 aliphatic rings. The lowest BCUT2D eigenvalue weighted by Crippen LogP contribution is -2.38. The van der Waals surface area contributed by atoms with E-state index in [9.17, 15) is 14.3 Å². The highest BCUT2D eigenvalue weighted by Crippen LogP contribution is 2.42. The fourth-order valence-corrected chi connectivity index (χ4v) is 3.31. The number of aryl methyl sites for hydroxylation is 1. The molecule has 8 heteroatoms. The summed E-state index contributed by atoms with van der Waals surface area (Å²) in [4.78, 5) is 16.9. The van der Waals surface area contributed by atoms with Gasteiger partial charge < -0.3 is 14.6 Å². The van der Waals surface area contributed by atoms with Gasteiger partial charge in [-0.3, -0.25) is 0 Å². The van der Waals surface area contributed by atoms with Crippen LogP contribution in [0.2, 0.25) is 0 Å². The van der Waals surface area contributed by atoms with E-state index in [4.69, 9.17) is 9.47 Å². The summed E-state index contributed by atoms with van der Waals surface area (Å²) in [5.74, 6) is -0.485. The summed E-state index contributed by atoms with van der Waals surface area (Å²) in [5, 5.41) is 15.2. The number of ether oxygens (including phenoxy) is 2. The Balaban J connectivity index is 1.79. The Kier molecular flexibility index (Phi) is 3.99. The summed E-state index contributed by atoms with van der Waals surface area (Å²) in [5.41, 5.74) is -0.382. The van der Waals surface area contributed by atoms with Crippen LogP contribution in [0, 0.1) is 5.82 Å². The zero-order chi connectivity index (χ0) is 18.3. The summed E-state index contributed by atoms with van der Waals surface area (Å²) < 4.78 is 25.5. The summed E-state index contributed by atoms with van der Waals surface area (Å²) in [6.45, 7) is 3.12. The second-order valence-electron chi connectivity index (χ2n) is 6.30. The van der Waals surface area contributed by atoms with Gasteiger partial charge in [0, 0.05) is 24.9 Å². The van der Waals surface area contributed by atoms with Gasteiger partial charge in [-0.25, -0.2) is 18.9 Å². The molecule has 136 valence electrons. The normalized spacial score (nSPS) is 19.2. The van der Waals surface area contributed by atoms with Crippen molar-refractivity contribution in [2.24, 2.45) is 0 Å². The molecule has 7 nitrogen and oxygen atoms in total. The van der Waals surface area contributed by atoms with E-state index in [-0.39, 0.29) is 23.0 Å². The van der Waals surface area contributed by atoms with Crippen molar-refractivity contribution in [3.05, 3.63) is 41.7 Å². The summed E-state index contributed by atoms with van der Waals surface area (Å²) in [6.07, 6.45) is 0.804. The van der Waals surface area contributed by atoms with Crippen molar-refractivity contribution in [3.8, 4) is 11.4 Å². The van der Waals surface area contributed by atoms with Gasteiger partial charge in [0.1, 0.15) is 11.4 Å². The Bertz CT molecular complexity index is 882. The van der Waals surface area contributed by atoms with E-state index < -0.39 is 11.6 Å². The van der Waals surface area contributed by atoms with Crippen LogP contribution in [0.1, 0.15) is 25.6 Å². The molecular formula is C18H18FN3O4. The lowest BCUT2D eigenvalue weighted by molar-refractivity contribution is -0.154. The van der Waals surface area contributed by atoms with Gasteiger partial charge in [-0.1, -0.05) is 0 Å². The van der Waals surface area contributed by atoms with Gasteiger partial charge >= 0.3 is 5.97 Å². The molecule has 1 N–H and O–H groups in total. The molecule has 0 radical (unpaired) electrons. The number of hydrogen-bond donors (Lipinski definition) is 1. The molecule has 0 saturated carbocycles. The van der Waals surface area contributed by atoms with Crippen molar-refractivity contribution in [3.63, 3.8) is 0 Å². The van der Waals surface area contributed by atoms with Gasteiger partial charge in [-0.05, 0) is 31.2 Å². The maximum absolute atomic E-state index is 13.1. The zero-order valence-corrected chi connectivity index (χ0v) is 14.2. The Morgan fingerprint density at radius 3 is 2.62 bits per heavy atom. The quantitative estimate of drug-likeness (QED) is 0.848. The number of hydrogen-bond acceptors (Lipinski definition) is 6. The molecule has 0 aliphatic carbocycles. The predicted octanol–water partition coefficient (Wildman–Crippen LogP) is 2.48. The fourth-order valence-electron chi connectivity index (χ4n) is 3.31. The van der Waals surface area contributed by atoms with E-state index in [2.05, 4.69) is 10.1 Å². The van der Waals surface area contributed by atoms with Crippen LogP contribution in [-0.4, -0.2) is 44.7 Å². The molecule has 0 atom stereocenters. The highest BCUT2D eigenvalue weighted by Gasteiger charge is 2.50. The average molecular weight is 359 g/mol. The van der Waals surface area contributed by atoms with Crippen LogP contribution < -0.4 is 0 Å². The number of aromatic nitrogens is 3. The van der Waals surface area contributed by atoms with Crippen molar-refractivity contribution in [1.82, 2.24) is 14.8 Å². The maximum atomic E-state index is 13.1. The average Bonchev–Trinajstić information content (AvgIpc) is 3.16. The second-order valence-corrected chi connectivity index (χ2v) is 6.30. The number of benzene rings is 1. The second kappa shape index (κ2) is 6.21. The van der Waals surface area contributed by atoms with E-state index in [1.54, 1.807) is 12.1 Å². The van der Waals surface area contributed by atoms with Crippen LogP contribution >= 0.6 is 0 Å². The standard InChI is InChI=1S/C18H18FN3O4/c1-2-22-16(20-15(21-22)11-3-5-12(19)6-4-11)13-14(23)18(26-17(13)24)7-9-25-10-8-18/h3-6,23H,2,7-10H2,1H3. The molecule has 1 fully saturated rings. The van der Waals surface area contributed by atoms with Gasteiger partial charge in [-0.2, -0.15) is 5.10 Å². The van der Waals surface area contributed by atoms with Crippen LogP contribution in [0.25, 0.3) is 17.0 Å². The molecule has 0 bridgehead atoms. The number of aliphatic hydroxyl groups excluding tert-OH is 1. The molecular weight excluding hydrogens is 341 g/mol. The van der Waals surface area contributed by atoms with Crippen molar-refractivity contribution in [1.29, 1.82) is 0 Å². The number of rotatable bonds is 3. The molecule has 1 saturated heterocycles. The smallest absolute Gasteiger partial charge is 0.346 e.